The summed E-state index contributed by atoms with van der Waals surface area (Å²) in [6.45, 7) is 1.43. The first kappa shape index (κ1) is 27.2. The van der Waals surface area contributed by atoms with Crippen molar-refractivity contribution in [1.82, 2.24) is 20.0 Å². The van der Waals surface area contributed by atoms with Gasteiger partial charge in [0.1, 0.15) is 0 Å². The summed E-state index contributed by atoms with van der Waals surface area (Å²) in [4.78, 5) is 26.6. The fraction of sp³-hybridized carbons (Fsp3) is 0.320. The number of carbonyl (C=O) groups excluding carboxylic acids is 2. The van der Waals surface area contributed by atoms with Gasteiger partial charge in [-0.05, 0) is 53.2 Å². The summed E-state index contributed by atoms with van der Waals surface area (Å²) in [6.07, 6.45) is -7.25. The molecule has 0 radical (unpaired) electrons. The van der Waals surface area contributed by atoms with E-state index in [1.807, 2.05) is 0 Å². The molecule has 206 valence electrons. The number of amides is 2. The number of fused-ring (bicyclic) bond motifs is 1. The zero-order chi connectivity index (χ0) is 27.9. The molecule has 1 aromatic heterocycles. The topological polar surface area (TPSA) is 76.5 Å². The van der Waals surface area contributed by atoms with E-state index in [1.165, 1.54) is 10.9 Å². The summed E-state index contributed by atoms with van der Waals surface area (Å²) in [5.74, 6) is -0.447. The Kier molecular flexibility index (Phi) is 7.20. The number of halogens is 6. The second-order valence-corrected chi connectivity index (χ2v) is 9.97. The van der Waals surface area contributed by atoms with Crippen LogP contribution in [0.25, 0.3) is 17.0 Å². The van der Waals surface area contributed by atoms with Crippen molar-refractivity contribution in [2.45, 2.75) is 25.0 Å². The number of nitrogens with zero attached hydrogens (tertiary/aromatic N) is 3. The molecule has 2 aromatic carbocycles. The molecule has 1 unspecified atom stereocenters. The van der Waals surface area contributed by atoms with E-state index in [9.17, 15) is 35.9 Å². The molecule has 0 spiro atoms. The van der Waals surface area contributed by atoms with Gasteiger partial charge < -0.3 is 10.1 Å². The third kappa shape index (κ3) is 5.82. The highest BCUT2D eigenvalue weighted by atomic mass is 32.2. The molecule has 3 aromatic rings. The molecular weight excluding hydrogens is 550 g/mol. The maximum absolute atomic E-state index is 13.6. The molecule has 2 saturated heterocycles. The lowest BCUT2D eigenvalue weighted by Gasteiger charge is -2.26. The molecule has 1 atom stereocenters. The highest BCUT2D eigenvalue weighted by Crippen LogP contribution is 2.38. The molecule has 0 saturated carbocycles. The van der Waals surface area contributed by atoms with Crippen LogP contribution in [0, 0.1) is 0 Å². The Morgan fingerprint density at radius 1 is 1.08 bits per heavy atom. The van der Waals surface area contributed by atoms with E-state index in [0.717, 1.165) is 22.7 Å². The van der Waals surface area contributed by atoms with Crippen LogP contribution in [0.3, 0.4) is 0 Å². The number of aromatic nitrogens is 2. The van der Waals surface area contributed by atoms with E-state index in [4.69, 9.17) is 4.74 Å². The summed E-state index contributed by atoms with van der Waals surface area (Å²) in [6, 6.07) is 6.36. The van der Waals surface area contributed by atoms with Gasteiger partial charge in [0.2, 0.25) is 0 Å². The lowest BCUT2D eigenvalue weighted by molar-refractivity contribution is -0.143. The second-order valence-electron chi connectivity index (χ2n) is 8.98. The zero-order valence-electron chi connectivity index (χ0n) is 20.0. The number of nitrogens with one attached hydrogen (secondary N) is 1. The van der Waals surface area contributed by atoms with E-state index >= 15 is 0 Å². The fourth-order valence-electron chi connectivity index (χ4n) is 4.39. The van der Waals surface area contributed by atoms with Crippen LogP contribution in [-0.2, 0) is 28.4 Å². The van der Waals surface area contributed by atoms with Crippen LogP contribution in [0.15, 0.2) is 47.5 Å². The van der Waals surface area contributed by atoms with Crippen molar-refractivity contribution in [3.63, 3.8) is 0 Å². The van der Waals surface area contributed by atoms with E-state index in [1.54, 1.807) is 24.3 Å². The minimum Gasteiger partial charge on any atom is -0.374 e. The normalized spacial score (nSPS) is 20.0. The van der Waals surface area contributed by atoms with Gasteiger partial charge in [-0.1, -0.05) is 12.1 Å². The van der Waals surface area contributed by atoms with Crippen LogP contribution < -0.4 is 5.32 Å². The number of alkyl halides is 6. The predicted octanol–water partition coefficient (Wildman–Crippen LogP) is 5.15. The third-order valence-corrected chi connectivity index (χ3v) is 7.20. The lowest BCUT2D eigenvalue weighted by atomic mass is 10.0. The molecule has 0 bridgehead atoms. The van der Waals surface area contributed by atoms with Crippen LogP contribution >= 0.6 is 11.8 Å². The number of morpholine rings is 1. The minimum atomic E-state index is -4.99. The molecule has 14 heteroatoms. The molecule has 2 amide bonds. The second kappa shape index (κ2) is 10.3. The van der Waals surface area contributed by atoms with Gasteiger partial charge in [0.05, 0.1) is 53.5 Å². The van der Waals surface area contributed by atoms with Gasteiger partial charge in [-0.15, -0.1) is 0 Å². The van der Waals surface area contributed by atoms with Crippen molar-refractivity contribution >= 4 is 39.9 Å². The summed E-state index contributed by atoms with van der Waals surface area (Å²) in [5.41, 5.74) is -2.14. The smallest absolute Gasteiger partial charge is 0.374 e. The number of ether oxygens (including phenoxy) is 1. The number of carbonyl (C=O) groups is 2. The van der Waals surface area contributed by atoms with Gasteiger partial charge >= 0.3 is 12.4 Å². The van der Waals surface area contributed by atoms with Crippen molar-refractivity contribution in [2.75, 3.05) is 26.2 Å². The Hall–Kier alpha value is -3.36. The fourth-order valence-corrected chi connectivity index (χ4v) is 5.23. The lowest BCUT2D eigenvalue weighted by Crippen LogP contribution is -2.46. The van der Waals surface area contributed by atoms with Crippen LogP contribution in [0.2, 0.25) is 0 Å². The predicted molar refractivity (Wildman–Crippen MR) is 131 cm³/mol. The SMILES string of the molecule is O=C1SC(=Cc2ccc3c(cnn3Cc3ccc(C(F)(F)F)cc3C(F)(F)F)c2)C(=O)N1CC1CNCCO1. The number of thioether (sulfide) groups is 1. The Morgan fingerprint density at radius 3 is 2.56 bits per heavy atom. The zero-order valence-corrected chi connectivity index (χ0v) is 20.8. The summed E-state index contributed by atoms with van der Waals surface area (Å²) >= 11 is 0.799. The van der Waals surface area contributed by atoms with Crippen LogP contribution in [-0.4, -0.2) is 58.2 Å². The monoisotopic (exact) mass is 570 g/mol. The van der Waals surface area contributed by atoms with Gasteiger partial charge in [-0.3, -0.25) is 19.2 Å². The van der Waals surface area contributed by atoms with E-state index in [-0.39, 0.29) is 29.2 Å². The Morgan fingerprint density at radius 2 is 1.87 bits per heavy atom. The first-order valence-electron chi connectivity index (χ1n) is 11.7. The van der Waals surface area contributed by atoms with Gasteiger partial charge in [-0.25, -0.2) is 0 Å². The van der Waals surface area contributed by atoms with Crippen LogP contribution in [0.4, 0.5) is 31.1 Å². The van der Waals surface area contributed by atoms with Crippen molar-refractivity contribution < 1.29 is 40.7 Å². The summed E-state index contributed by atoms with van der Waals surface area (Å²) in [5, 5.41) is 7.37. The van der Waals surface area contributed by atoms with Crippen molar-refractivity contribution in [3.8, 4) is 0 Å². The van der Waals surface area contributed by atoms with Gasteiger partial charge in [0, 0.05) is 18.5 Å². The number of hydrogen-bond acceptors (Lipinski definition) is 6. The number of imide groups is 1. The van der Waals surface area contributed by atoms with Gasteiger partial charge in [0.25, 0.3) is 11.1 Å². The molecule has 1 N–H and O–H groups in total. The first-order valence-corrected chi connectivity index (χ1v) is 12.5. The molecule has 0 aliphatic carbocycles. The maximum atomic E-state index is 13.6. The summed E-state index contributed by atoms with van der Waals surface area (Å²) < 4.78 is 86.4. The molecule has 3 heterocycles. The molecule has 2 aliphatic rings. The van der Waals surface area contributed by atoms with Crippen molar-refractivity contribution in [1.29, 1.82) is 0 Å². The number of benzene rings is 2. The first-order chi connectivity index (χ1) is 18.4. The maximum Gasteiger partial charge on any atom is 0.416 e. The third-order valence-electron chi connectivity index (χ3n) is 6.29. The largest absolute Gasteiger partial charge is 0.416 e. The highest BCUT2D eigenvalue weighted by molar-refractivity contribution is 8.18. The number of rotatable bonds is 5. The average molecular weight is 571 g/mol. The summed E-state index contributed by atoms with van der Waals surface area (Å²) in [7, 11) is 0. The Balaban J connectivity index is 1.37. The van der Waals surface area contributed by atoms with E-state index in [0.29, 0.717) is 42.2 Å². The molecule has 7 nitrogen and oxygen atoms in total. The van der Waals surface area contributed by atoms with Gasteiger partial charge in [-0.2, -0.15) is 31.4 Å². The molecule has 2 aliphatic heterocycles. The van der Waals surface area contributed by atoms with Crippen molar-refractivity contribution in [3.05, 3.63) is 69.8 Å². The van der Waals surface area contributed by atoms with Crippen molar-refractivity contribution in [2.24, 2.45) is 0 Å². The molecule has 5 rings (SSSR count). The number of hydrogen-bond donors (Lipinski definition) is 1. The average Bonchev–Trinajstić information content (AvgIpc) is 3.38. The van der Waals surface area contributed by atoms with Crippen LogP contribution in [0.1, 0.15) is 22.3 Å². The quantitative estimate of drug-likeness (QED) is 0.338. The molecule has 2 fully saturated rings. The highest BCUT2D eigenvalue weighted by Gasteiger charge is 2.39. The standard InChI is InChI=1S/C25H20F6N4O3S/c26-24(27,28)17-3-2-15(19(9-17)25(29,30)31)12-35-20-4-1-14(7-16(20)10-33-35)8-21-22(36)34(23(37)39-21)13-18-11-32-5-6-38-18/h1-4,7-10,18,32H,5-6,11-13H2. The Bertz CT molecular complexity index is 1460. The van der Waals surface area contributed by atoms with Gasteiger partial charge in [0.15, 0.2) is 0 Å². The van der Waals surface area contributed by atoms with E-state index < -0.39 is 41.2 Å². The van der Waals surface area contributed by atoms with Crippen LogP contribution in [0.5, 0.6) is 0 Å². The van der Waals surface area contributed by atoms with E-state index in [2.05, 4.69) is 10.4 Å². The Labute approximate surface area is 221 Å². The minimum absolute atomic E-state index is 0.100. The molecular formula is C25H20F6N4O3S. The molecule has 39 heavy (non-hydrogen) atoms.